The van der Waals surface area contributed by atoms with Crippen molar-refractivity contribution in [1.82, 2.24) is 0 Å². The Morgan fingerprint density at radius 2 is 0.554 bits per heavy atom. The summed E-state index contributed by atoms with van der Waals surface area (Å²) >= 11 is 0. The number of esters is 3. The first-order valence-corrected chi connectivity index (χ1v) is 30.9. The van der Waals surface area contributed by atoms with Gasteiger partial charge in [0.2, 0.25) is 0 Å². The van der Waals surface area contributed by atoms with E-state index in [9.17, 15) is 14.4 Å². The second-order valence-electron chi connectivity index (χ2n) is 20.2. The van der Waals surface area contributed by atoms with Gasteiger partial charge in [-0.25, -0.2) is 0 Å². The van der Waals surface area contributed by atoms with Crippen molar-refractivity contribution in [3.63, 3.8) is 0 Å². The summed E-state index contributed by atoms with van der Waals surface area (Å²) in [7, 11) is 0. The summed E-state index contributed by atoms with van der Waals surface area (Å²) < 4.78 is 16.8. The Bertz CT molecular complexity index is 1510. The van der Waals surface area contributed by atoms with Crippen LogP contribution in [0.2, 0.25) is 0 Å². The molecule has 0 saturated heterocycles. The molecule has 0 fully saturated rings. The Labute approximate surface area is 457 Å². The maximum atomic E-state index is 12.8. The van der Waals surface area contributed by atoms with Crippen molar-refractivity contribution in [2.45, 2.75) is 290 Å². The lowest BCUT2D eigenvalue weighted by atomic mass is 10.0. The monoisotopic (exact) mass is 1030 g/mol. The molecule has 0 spiro atoms. The van der Waals surface area contributed by atoms with Crippen LogP contribution in [-0.2, 0) is 28.6 Å². The molecule has 0 bridgehead atoms. The molecule has 0 saturated carbocycles. The van der Waals surface area contributed by atoms with Gasteiger partial charge in [0.1, 0.15) is 13.2 Å². The predicted molar refractivity (Wildman–Crippen MR) is 320 cm³/mol. The number of rotatable bonds is 55. The molecule has 0 aliphatic rings. The van der Waals surface area contributed by atoms with E-state index < -0.39 is 6.10 Å². The maximum Gasteiger partial charge on any atom is 0.306 e. The third-order valence-electron chi connectivity index (χ3n) is 13.0. The molecule has 74 heavy (non-hydrogen) atoms. The fraction of sp³-hybridized carbons (Fsp3) is 0.691. The summed E-state index contributed by atoms with van der Waals surface area (Å²) in [5.41, 5.74) is 0. The van der Waals surface area contributed by atoms with E-state index in [1.165, 1.54) is 116 Å². The standard InChI is InChI=1S/C68H114O6/c1-4-7-10-13-16-19-22-23-24-25-26-27-28-29-30-31-32-33-34-35-36-37-38-39-40-41-42-43-44-45-47-49-52-55-58-61-67(70)73-64-65(63-72-66(69)60-57-54-51-48-21-18-15-12-9-6-3)74-68(71)62-59-56-53-50-46-20-17-14-11-8-5-2/h7,10,12,14-17,19,23-24,26-27,29-30,32-33,35-36,65H,4-6,8-9,11,13,18,20-22,25,28,31,34,37-64H2,1-3H3/b10-7-,15-12-,17-14-,19-16-,24-23-,27-26-,30-29-,33-32-,36-35-. The van der Waals surface area contributed by atoms with Crippen LogP contribution in [0, 0.1) is 0 Å². The van der Waals surface area contributed by atoms with Crippen molar-refractivity contribution in [3.05, 3.63) is 109 Å². The van der Waals surface area contributed by atoms with Gasteiger partial charge in [-0.05, 0) is 116 Å². The first kappa shape index (κ1) is 70.1. The molecule has 0 N–H and O–H groups in total. The van der Waals surface area contributed by atoms with Gasteiger partial charge < -0.3 is 14.2 Å². The van der Waals surface area contributed by atoms with Crippen molar-refractivity contribution in [1.29, 1.82) is 0 Å². The van der Waals surface area contributed by atoms with E-state index >= 15 is 0 Å². The molecular weight excluding hydrogens is 913 g/mol. The lowest BCUT2D eigenvalue weighted by Crippen LogP contribution is -2.30. The van der Waals surface area contributed by atoms with E-state index in [0.29, 0.717) is 19.3 Å². The van der Waals surface area contributed by atoms with Crippen LogP contribution in [-0.4, -0.2) is 37.2 Å². The molecule has 0 aliphatic carbocycles. The van der Waals surface area contributed by atoms with Gasteiger partial charge in [0.05, 0.1) is 0 Å². The zero-order valence-corrected chi connectivity index (χ0v) is 48.3. The van der Waals surface area contributed by atoms with Crippen LogP contribution in [0.5, 0.6) is 0 Å². The van der Waals surface area contributed by atoms with Crippen LogP contribution in [0.25, 0.3) is 0 Å². The van der Waals surface area contributed by atoms with E-state index in [-0.39, 0.29) is 31.1 Å². The summed E-state index contributed by atoms with van der Waals surface area (Å²) in [6, 6.07) is 0. The van der Waals surface area contributed by atoms with E-state index in [1.54, 1.807) is 0 Å². The van der Waals surface area contributed by atoms with E-state index in [0.717, 1.165) is 128 Å². The number of hydrogen-bond donors (Lipinski definition) is 0. The summed E-state index contributed by atoms with van der Waals surface area (Å²) in [6.45, 7) is 6.41. The van der Waals surface area contributed by atoms with Crippen LogP contribution in [0.15, 0.2) is 109 Å². The molecule has 0 rings (SSSR count). The minimum atomic E-state index is -0.784. The van der Waals surface area contributed by atoms with E-state index in [1.807, 2.05) is 0 Å². The van der Waals surface area contributed by atoms with Gasteiger partial charge in [-0.3, -0.25) is 14.4 Å². The average molecular weight is 1030 g/mol. The predicted octanol–water partition coefficient (Wildman–Crippen LogP) is 21.0. The van der Waals surface area contributed by atoms with Crippen LogP contribution in [0.1, 0.15) is 284 Å². The summed E-state index contributed by atoms with van der Waals surface area (Å²) in [5, 5.41) is 0. The van der Waals surface area contributed by atoms with Crippen molar-refractivity contribution < 1.29 is 28.6 Å². The Kier molecular flexibility index (Phi) is 58.3. The fourth-order valence-corrected chi connectivity index (χ4v) is 8.35. The number of allylic oxidation sites excluding steroid dienone is 18. The molecule has 0 aliphatic heterocycles. The second-order valence-corrected chi connectivity index (χ2v) is 20.2. The quantitative estimate of drug-likeness (QED) is 0.0261. The molecule has 0 aromatic carbocycles. The van der Waals surface area contributed by atoms with Crippen LogP contribution in [0.4, 0.5) is 0 Å². The largest absolute Gasteiger partial charge is 0.462 e. The molecule has 6 heteroatoms. The van der Waals surface area contributed by atoms with Gasteiger partial charge in [-0.1, -0.05) is 259 Å². The fourth-order valence-electron chi connectivity index (χ4n) is 8.35. The number of carbonyl (C=O) groups excluding carboxylic acids is 3. The normalized spacial score (nSPS) is 12.9. The van der Waals surface area contributed by atoms with Gasteiger partial charge >= 0.3 is 17.9 Å². The maximum absolute atomic E-state index is 12.8. The van der Waals surface area contributed by atoms with E-state index in [4.69, 9.17) is 14.2 Å². The third kappa shape index (κ3) is 59.0. The zero-order chi connectivity index (χ0) is 53.6. The molecule has 0 aromatic heterocycles. The number of carbonyl (C=O) groups is 3. The topological polar surface area (TPSA) is 78.9 Å². The Hall–Kier alpha value is -3.93. The summed E-state index contributed by atoms with van der Waals surface area (Å²) in [6.07, 6.45) is 84.0. The molecule has 0 amide bonds. The van der Waals surface area contributed by atoms with Gasteiger partial charge in [0.15, 0.2) is 6.10 Å². The number of ether oxygens (including phenoxy) is 3. The highest BCUT2D eigenvalue weighted by atomic mass is 16.6. The molecule has 0 heterocycles. The van der Waals surface area contributed by atoms with Gasteiger partial charge in [-0.15, -0.1) is 0 Å². The highest BCUT2D eigenvalue weighted by Crippen LogP contribution is 2.16. The molecular formula is C68H114O6. The van der Waals surface area contributed by atoms with Crippen LogP contribution < -0.4 is 0 Å². The summed E-state index contributed by atoms with van der Waals surface area (Å²) in [5.74, 6) is -0.904. The van der Waals surface area contributed by atoms with Crippen molar-refractivity contribution >= 4 is 17.9 Å². The van der Waals surface area contributed by atoms with Crippen LogP contribution in [0.3, 0.4) is 0 Å². The SMILES string of the molecule is CC/C=C\C/C=C\C/C=C\C/C=C\C/C=C\C/C=C\C/C=C\CCCCCCCCCCCCCCCC(=O)OCC(COC(=O)CCCCCCC/C=C\CCC)OC(=O)CCCCCCC/C=C\CCCC. The number of hydrogen-bond acceptors (Lipinski definition) is 6. The van der Waals surface area contributed by atoms with Gasteiger partial charge in [0.25, 0.3) is 0 Å². The van der Waals surface area contributed by atoms with Crippen molar-refractivity contribution in [2.75, 3.05) is 13.2 Å². The molecule has 6 nitrogen and oxygen atoms in total. The minimum Gasteiger partial charge on any atom is -0.462 e. The summed E-state index contributed by atoms with van der Waals surface area (Å²) in [4.78, 5) is 38.0. The van der Waals surface area contributed by atoms with Crippen molar-refractivity contribution in [2.24, 2.45) is 0 Å². The number of unbranched alkanes of at least 4 members (excludes halogenated alkanes) is 26. The molecule has 0 aromatic rings. The lowest BCUT2D eigenvalue weighted by molar-refractivity contribution is -0.167. The first-order valence-electron chi connectivity index (χ1n) is 30.9. The minimum absolute atomic E-state index is 0.0833. The lowest BCUT2D eigenvalue weighted by Gasteiger charge is -2.18. The smallest absolute Gasteiger partial charge is 0.306 e. The first-order chi connectivity index (χ1) is 36.5. The molecule has 1 atom stereocenters. The van der Waals surface area contributed by atoms with Crippen LogP contribution >= 0.6 is 0 Å². The Balaban J connectivity index is 4.06. The van der Waals surface area contributed by atoms with Crippen molar-refractivity contribution in [3.8, 4) is 0 Å². The Morgan fingerprint density at radius 3 is 0.892 bits per heavy atom. The molecule has 1 unspecified atom stereocenters. The van der Waals surface area contributed by atoms with Gasteiger partial charge in [-0.2, -0.15) is 0 Å². The molecule has 422 valence electrons. The Morgan fingerprint density at radius 1 is 0.284 bits per heavy atom. The van der Waals surface area contributed by atoms with Gasteiger partial charge in [0, 0.05) is 19.3 Å². The molecule has 0 radical (unpaired) electrons. The highest BCUT2D eigenvalue weighted by molar-refractivity contribution is 5.71. The zero-order valence-electron chi connectivity index (χ0n) is 48.3. The average Bonchev–Trinajstić information content (AvgIpc) is 3.40. The highest BCUT2D eigenvalue weighted by Gasteiger charge is 2.19. The van der Waals surface area contributed by atoms with E-state index in [2.05, 4.69) is 130 Å². The second kappa shape index (κ2) is 61.6. The third-order valence-corrected chi connectivity index (χ3v) is 13.0.